The van der Waals surface area contributed by atoms with E-state index in [2.05, 4.69) is 11.6 Å². The van der Waals surface area contributed by atoms with Crippen molar-refractivity contribution in [2.45, 2.75) is 62.5 Å². The Morgan fingerprint density at radius 2 is 1.53 bits per heavy atom. The van der Waals surface area contributed by atoms with Gasteiger partial charge in [0.2, 0.25) is 10.0 Å². The highest BCUT2D eigenvalue weighted by Crippen LogP contribution is 2.23. The second kappa shape index (κ2) is 12.6. The maximum Gasteiger partial charge on any atom is 0.327 e. The maximum atomic E-state index is 13.2. The van der Waals surface area contributed by atoms with Gasteiger partial charge in [-0.3, -0.25) is 4.79 Å². The Bertz CT molecular complexity index is 1160. The monoisotopic (exact) mass is 483 g/mol. The summed E-state index contributed by atoms with van der Waals surface area (Å²) in [6.07, 6.45) is 4.78. The number of aliphatic hydroxyl groups excluding tert-OH is 1. The van der Waals surface area contributed by atoms with Gasteiger partial charge in [-0.15, -0.1) is 0 Å². The van der Waals surface area contributed by atoms with Crippen LogP contribution in [-0.4, -0.2) is 32.1 Å². The van der Waals surface area contributed by atoms with Crippen LogP contribution in [-0.2, 0) is 19.6 Å². The molecule has 0 saturated heterocycles. The molecule has 0 spiro atoms. The highest BCUT2D eigenvalue weighted by molar-refractivity contribution is 7.89. The standard InChI is InChI=1S/C27H33NO5S/c1-2-3-4-5-6-12-19-33-27(30)25(26(29)22-14-8-7-9-15-22)28-34(31,32)24-18-17-21-13-10-11-16-23(21)20-24/h7-11,13-18,20,25-26,28-29H,2-6,12,19H2,1H3/t25-,26-/m0/s1. The number of benzene rings is 3. The molecule has 34 heavy (non-hydrogen) atoms. The highest BCUT2D eigenvalue weighted by atomic mass is 32.2. The molecule has 182 valence electrons. The fraction of sp³-hybridized carbons (Fsp3) is 0.370. The van der Waals surface area contributed by atoms with Crippen LogP contribution in [0.2, 0.25) is 0 Å². The molecule has 2 N–H and O–H groups in total. The number of ether oxygens (including phenoxy) is 1. The SMILES string of the molecule is CCCCCCCCOC(=O)[C@@H](NS(=O)(=O)c1ccc2ccccc2c1)[C@@H](O)c1ccccc1. The van der Waals surface area contributed by atoms with E-state index in [1.807, 2.05) is 24.3 Å². The summed E-state index contributed by atoms with van der Waals surface area (Å²) in [5, 5.41) is 12.6. The van der Waals surface area contributed by atoms with Crippen LogP contribution in [0.5, 0.6) is 0 Å². The van der Waals surface area contributed by atoms with Crippen molar-refractivity contribution in [3.05, 3.63) is 78.4 Å². The zero-order valence-corrected chi connectivity index (χ0v) is 20.3. The van der Waals surface area contributed by atoms with Crippen LogP contribution in [0.15, 0.2) is 77.7 Å². The summed E-state index contributed by atoms with van der Waals surface area (Å²) in [5.74, 6) is -0.797. The van der Waals surface area contributed by atoms with Crippen LogP contribution in [0.1, 0.15) is 57.1 Å². The molecule has 0 bridgehead atoms. The number of esters is 1. The normalized spacial score (nSPS) is 13.5. The molecule has 2 atom stereocenters. The first-order chi connectivity index (χ1) is 16.4. The third kappa shape index (κ3) is 7.13. The summed E-state index contributed by atoms with van der Waals surface area (Å²) in [6, 6.07) is 19.2. The van der Waals surface area contributed by atoms with Crippen molar-refractivity contribution in [1.29, 1.82) is 0 Å². The van der Waals surface area contributed by atoms with Crippen molar-refractivity contribution in [2.24, 2.45) is 0 Å². The first-order valence-electron chi connectivity index (χ1n) is 11.8. The van der Waals surface area contributed by atoms with Gasteiger partial charge in [-0.05, 0) is 34.9 Å². The van der Waals surface area contributed by atoms with Gasteiger partial charge in [-0.25, -0.2) is 8.42 Å². The Hall–Kier alpha value is -2.74. The third-order valence-electron chi connectivity index (χ3n) is 5.77. The minimum atomic E-state index is -4.11. The molecule has 0 radical (unpaired) electrons. The Labute approximate surface area is 202 Å². The van der Waals surface area contributed by atoms with E-state index in [-0.39, 0.29) is 11.5 Å². The molecule has 0 aliphatic rings. The predicted molar refractivity (Wildman–Crippen MR) is 134 cm³/mol. The van der Waals surface area contributed by atoms with Crippen LogP contribution in [0.25, 0.3) is 10.8 Å². The average molecular weight is 484 g/mol. The second-order valence-corrected chi connectivity index (χ2v) is 10.1. The number of sulfonamides is 1. The van der Waals surface area contributed by atoms with Gasteiger partial charge in [-0.2, -0.15) is 4.72 Å². The summed E-state index contributed by atoms with van der Waals surface area (Å²) in [6.45, 7) is 2.33. The summed E-state index contributed by atoms with van der Waals surface area (Å²) in [7, 11) is -4.11. The molecule has 0 aliphatic carbocycles. The third-order valence-corrected chi connectivity index (χ3v) is 7.21. The molecule has 0 aromatic heterocycles. The van der Waals surface area contributed by atoms with Gasteiger partial charge in [0.05, 0.1) is 11.5 Å². The zero-order valence-electron chi connectivity index (χ0n) is 19.5. The number of carbonyl (C=O) groups excluding carboxylic acids is 1. The van der Waals surface area contributed by atoms with Crippen molar-refractivity contribution >= 4 is 26.8 Å². The van der Waals surface area contributed by atoms with Gasteiger partial charge < -0.3 is 9.84 Å². The first kappa shape index (κ1) is 25.9. The lowest BCUT2D eigenvalue weighted by molar-refractivity contribution is -0.148. The molecule has 3 rings (SSSR count). The molecule has 0 saturated carbocycles. The van der Waals surface area contributed by atoms with Gasteiger partial charge in [0.1, 0.15) is 12.1 Å². The minimum absolute atomic E-state index is 0.0141. The summed E-state index contributed by atoms with van der Waals surface area (Å²) in [4.78, 5) is 12.9. The molecule has 7 heteroatoms. The lowest BCUT2D eigenvalue weighted by Crippen LogP contribution is -2.46. The van der Waals surface area contributed by atoms with Crippen molar-refractivity contribution < 1.29 is 23.1 Å². The van der Waals surface area contributed by atoms with E-state index in [1.165, 1.54) is 12.5 Å². The van der Waals surface area contributed by atoms with Crippen LogP contribution in [0, 0.1) is 0 Å². The van der Waals surface area contributed by atoms with Crippen molar-refractivity contribution in [3.8, 4) is 0 Å². The van der Waals surface area contributed by atoms with Crippen LogP contribution in [0.4, 0.5) is 0 Å². The molecule has 0 unspecified atom stereocenters. The lowest BCUT2D eigenvalue weighted by atomic mass is 10.0. The lowest BCUT2D eigenvalue weighted by Gasteiger charge is -2.23. The smallest absolute Gasteiger partial charge is 0.327 e. The van der Waals surface area contributed by atoms with E-state index in [0.717, 1.165) is 36.5 Å². The van der Waals surface area contributed by atoms with Crippen LogP contribution < -0.4 is 4.72 Å². The quantitative estimate of drug-likeness (QED) is 0.260. The number of hydrogen-bond acceptors (Lipinski definition) is 5. The minimum Gasteiger partial charge on any atom is -0.464 e. The number of nitrogens with one attached hydrogen (secondary N) is 1. The van der Waals surface area contributed by atoms with E-state index in [1.54, 1.807) is 42.5 Å². The van der Waals surface area contributed by atoms with Crippen LogP contribution >= 0.6 is 0 Å². The fourth-order valence-electron chi connectivity index (χ4n) is 3.80. The number of unbranched alkanes of at least 4 members (excludes halogenated alkanes) is 5. The van der Waals surface area contributed by atoms with Gasteiger partial charge in [0.15, 0.2) is 0 Å². The fourth-order valence-corrected chi connectivity index (χ4v) is 5.02. The van der Waals surface area contributed by atoms with E-state index in [4.69, 9.17) is 4.74 Å². The second-order valence-electron chi connectivity index (χ2n) is 8.40. The number of aliphatic hydroxyl groups is 1. The number of rotatable bonds is 13. The molecule has 0 fully saturated rings. The molecule has 0 amide bonds. The number of hydrogen-bond donors (Lipinski definition) is 2. The molecule has 3 aromatic rings. The molecule has 0 heterocycles. The van der Waals surface area contributed by atoms with E-state index >= 15 is 0 Å². The molecule has 3 aromatic carbocycles. The topological polar surface area (TPSA) is 92.7 Å². The van der Waals surface area contributed by atoms with Gasteiger partial charge >= 0.3 is 5.97 Å². The zero-order chi connectivity index (χ0) is 24.4. The molecule has 0 aliphatic heterocycles. The molecule has 6 nitrogen and oxygen atoms in total. The number of carbonyl (C=O) groups is 1. The van der Waals surface area contributed by atoms with Crippen molar-refractivity contribution in [3.63, 3.8) is 0 Å². The summed E-state index contributed by atoms with van der Waals surface area (Å²) in [5.41, 5.74) is 0.422. The van der Waals surface area contributed by atoms with E-state index < -0.39 is 28.1 Å². The Balaban J connectivity index is 1.75. The Morgan fingerprint density at radius 1 is 0.882 bits per heavy atom. The average Bonchev–Trinajstić information content (AvgIpc) is 2.86. The van der Waals surface area contributed by atoms with Gasteiger partial charge in [0, 0.05) is 0 Å². The number of fused-ring (bicyclic) bond motifs is 1. The Kier molecular flexibility index (Phi) is 9.62. The highest BCUT2D eigenvalue weighted by Gasteiger charge is 2.34. The summed E-state index contributed by atoms with van der Waals surface area (Å²) < 4.78 is 34.1. The molecular weight excluding hydrogens is 450 g/mol. The van der Waals surface area contributed by atoms with Gasteiger partial charge in [0.25, 0.3) is 0 Å². The van der Waals surface area contributed by atoms with Crippen LogP contribution in [0.3, 0.4) is 0 Å². The Morgan fingerprint density at radius 3 is 2.26 bits per heavy atom. The van der Waals surface area contributed by atoms with E-state index in [0.29, 0.717) is 12.0 Å². The largest absolute Gasteiger partial charge is 0.464 e. The van der Waals surface area contributed by atoms with Crippen molar-refractivity contribution in [1.82, 2.24) is 4.72 Å². The molecular formula is C27H33NO5S. The van der Waals surface area contributed by atoms with E-state index in [9.17, 15) is 18.3 Å². The maximum absolute atomic E-state index is 13.2. The first-order valence-corrected chi connectivity index (χ1v) is 13.3. The van der Waals surface area contributed by atoms with Gasteiger partial charge in [-0.1, -0.05) is 99.7 Å². The van der Waals surface area contributed by atoms with Crippen molar-refractivity contribution in [2.75, 3.05) is 6.61 Å². The summed E-state index contributed by atoms with van der Waals surface area (Å²) >= 11 is 0. The predicted octanol–water partition coefficient (Wildman–Crippen LogP) is 5.12.